The lowest BCUT2D eigenvalue weighted by Gasteiger charge is -2.43. The van der Waals surface area contributed by atoms with Gasteiger partial charge >= 0.3 is 0 Å². The maximum Gasteiger partial charge on any atom is 0.00106 e. The van der Waals surface area contributed by atoms with Crippen LogP contribution >= 0.6 is 0 Å². The van der Waals surface area contributed by atoms with E-state index < -0.39 is 0 Å². The molecular formula is C20H41N. The Labute approximate surface area is 134 Å². The Balaban J connectivity index is 1.91. The monoisotopic (exact) mass is 295 g/mol. The number of hydrogen-bond acceptors (Lipinski definition) is 1. The number of nitrogens with one attached hydrogen (secondary N) is 1. The molecule has 0 heterocycles. The largest absolute Gasteiger partial charge is 0.314 e. The molecule has 21 heavy (non-hydrogen) atoms. The van der Waals surface area contributed by atoms with Crippen molar-refractivity contribution < 1.29 is 0 Å². The molecule has 1 N–H and O–H groups in total. The Hall–Kier alpha value is -0.0400. The highest BCUT2D eigenvalue weighted by atomic mass is 14.9. The van der Waals surface area contributed by atoms with Crippen LogP contribution in [0.15, 0.2) is 0 Å². The van der Waals surface area contributed by atoms with Gasteiger partial charge in [-0.15, -0.1) is 0 Å². The van der Waals surface area contributed by atoms with Gasteiger partial charge in [-0.3, -0.25) is 0 Å². The van der Waals surface area contributed by atoms with Crippen LogP contribution in [0.5, 0.6) is 0 Å². The molecule has 0 aromatic heterocycles. The molecule has 1 heteroatoms. The normalized spacial score (nSPS) is 17.1. The highest BCUT2D eigenvalue weighted by Crippen LogP contribution is 2.44. The van der Waals surface area contributed by atoms with Crippen molar-refractivity contribution in [2.45, 2.75) is 117 Å². The second-order valence-electron chi connectivity index (χ2n) is 7.82. The second-order valence-corrected chi connectivity index (χ2v) is 7.82. The summed E-state index contributed by atoms with van der Waals surface area (Å²) in [5.41, 5.74) is 0.685. The summed E-state index contributed by atoms with van der Waals surface area (Å²) < 4.78 is 0. The lowest BCUT2D eigenvalue weighted by molar-refractivity contribution is 0.109. The Morgan fingerprint density at radius 1 is 0.810 bits per heavy atom. The van der Waals surface area contributed by atoms with E-state index in [9.17, 15) is 0 Å². The van der Waals surface area contributed by atoms with E-state index in [1.54, 1.807) is 0 Å². The maximum atomic E-state index is 3.67. The smallest absolute Gasteiger partial charge is 0.00106 e. The molecule has 0 atom stereocenters. The summed E-state index contributed by atoms with van der Waals surface area (Å²) in [7, 11) is 0. The molecule has 0 saturated heterocycles. The first-order chi connectivity index (χ1) is 10.2. The van der Waals surface area contributed by atoms with Gasteiger partial charge in [-0.25, -0.2) is 0 Å². The number of rotatable bonds is 14. The summed E-state index contributed by atoms with van der Waals surface area (Å²) in [4.78, 5) is 0. The maximum absolute atomic E-state index is 3.67. The Morgan fingerprint density at radius 3 is 1.76 bits per heavy atom. The summed E-state index contributed by atoms with van der Waals surface area (Å²) in [6.07, 6.45) is 20.5. The van der Waals surface area contributed by atoms with Crippen molar-refractivity contribution >= 4 is 0 Å². The fourth-order valence-electron chi connectivity index (χ4n) is 3.60. The van der Waals surface area contributed by atoms with Gasteiger partial charge in [0.25, 0.3) is 0 Å². The van der Waals surface area contributed by atoms with E-state index in [2.05, 4.69) is 26.1 Å². The molecular weight excluding hydrogens is 254 g/mol. The third-order valence-electron chi connectivity index (χ3n) is 5.36. The lowest BCUT2D eigenvalue weighted by atomic mass is 9.65. The van der Waals surface area contributed by atoms with Crippen molar-refractivity contribution in [3.63, 3.8) is 0 Å². The quantitative estimate of drug-likeness (QED) is 0.362. The van der Waals surface area contributed by atoms with Crippen molar-refractivity contribution in [2.75, 3.05) is 6.54 Å². The molecule has 1 aliphatic carbocycles. The van der Waals surface area contributed by atoms with Gasteiger partial charge < -0.3 is 5.32 Å². The molecule has 0 spiro atoms. The highest BCUT2D eigenvalue weighted by molar-refractivity contribution is 4.89. The zero-order valence-electron chi connectivity index (χ0n) is 15.2. The fourth-order valence-corrected chi connectivity index (χ4v) is 3.60. The van der Waals surface area contributed by atoms with Crippen LogP contribution in [-0.2, 0) is 0 Å². The fraction of sp³-hybridized carbons (Fsp3) is 1.00. The average Bonchev–Trinajstić information content (AvgIpc) is 2.42. The van der Waals surface area contributed by atoms with Crippen LogP contribution in [0.4, 0.5) is 0 Å². The Bertz CT molecular complexity index is 230. The van der Waals surface area contributed by atoms with Crippen LogP contribution in [-0.4, -0.2) is 12.6 Å². The zero-order valence-corrected chi connectivity index (χ0v) is 15.2. The van der Waals surface area contributed by atoms with Gasteiger partial charge in [-0.1, -0.05) is 91.4 Å². The molecule has 1 rings (SSSR count). The van der Waals surface area contributed by atoms with Crippen LogP contribution in [0.3, 0.4) is 0 Å². The first-order valence-corrected chi connectivity index (χ1v) is 9.92. The summed E-state index contributed by atoms with van der Waals surface area (Å²) in [5, 5.41) is 3.67. The number of hydrogen-bond donors (Lipinski definition) is 1. The van der Waals surface area contributed by atoms with E-state index >= 15 is 0 Å². The lowest BCUT2D eigenvalue weighted by Crippen LogP contribution is -2.42. The summed E-state index contributed by atoms with van der Waals surface area (Å²) in [6, 6.07) is 0.648. The van der Waals surface area contributed by atoms with Crippen molar-refractivity contribution in [1.29, 1.82) is 0 Å². The van der Waals surface area contributed by atoms with E-state index in [0.29, 0.717) is 11.5 Å². The minimum Gasteiger partial charge on any atom is -0.314 e. The van der Waals surface area contributed by atoms with Crippen LogP contribution in [0.25, 0.3) is 0 Å². The third-order valence-corrected chi connectivity index (χ3v) is 5.36. The topological polar surface area (TPSA) is 12.0 Å². The first kappa shape index (κ1) is 19.0. The molecule has 1 fully saturated rings. The van der Waals surface area contributed by atoms with E-state index in [1.165, 1.54) is 96.4 Å². The minimum atomic E-state index is 0.648. The second kappa shape index (κ2) is 11.5. The molecule has 0 aromatic rings. The minimum absolute atomic E-state index is 0.648. The third kappa shape index (κ3) is 8.86. The standard InChI is InChI=1S/C20H41N/c1-4-5-6-7-8-9-10-11-12-13-15-20(16-14-17-20)18-21-19(2)3/h19,21H,4-18H2,1-3H3. The molecule has 1 saturated carbocycles. The zero-order chi connectivity index (χ0) is 15.4. The van der Waals surface area contributed by atoms with Gasteiger partial charge in [-0.05, 0) is 24.7 Å². The van der Waals surface area contributed by atoms with Crippen LogP contribution in [0, 0.1) is 5.41 Å². The van der Waals surface area contributed by atoms with Crippen LogP contribution < -0.4 is 5.32 Å². The summed E-state index contributed by atoms with van der Waals surface area (Å²) in [5.74, 6) is 0. The molecule has 0 amide bonds. The van der Waals surface area contributed by atoms with E-state index in [1.807, 2.05) is 0 Å². The Morgan fingerprint density at radius 2 is 1.33 bits per heavy atom. The SMILES string of the molecule is CCCCCCCCCCCCC1(CNC(C)C)CCC1. The van der Waals surface area contributed by atoms with Crippen LogP contribution in [0.1, 0.15) is 111 Å². The van der Waals surface area contributed by atoms with Gasteiger partial charge in [0, 0.05) is 12.6 Å². The molecule has 0 aliphatic heterocycles. The van der Waals surface area contributed by atoms with Crippen molar-refractivity contribution in [1.82, 2.24) is 5.32 Å². The van der Waals surface area contributed by atoms with E-state index in [0.717, 1.165) is 0 Å². The van der Waals surface area contributed by atoms with Crippen molar-refractivity contribution in [3.8, 4) is 0 Å². The van der Waals surface area contributed by atoms with Crippen molar-refractivity contribution in [3.05, 3.63) is 0 Å². The molecule has 0 unspecified atom stereocenters. The average molecular weight is 296 g/mol. The van der Waals surface area contributed by atoms with Gasteiger partial charge in [0.05, 0.1) is 0 Å². The molecule has 1 nitrogen and oxygen atoms in total. The van der Waals surface area contributed by atoms with Crippen molar-refractivity contribution in [2.24, 2.45) is 5.41 Å². The van der Waals surface area contributed by atoms with E-state index in [-0.39, 0.29) is 0 Å². The number of unbranched alkanes of at least 4 members (excludes halogenated alkanes) is 9. The molecule has 126 valence electrons. The highest BCUT2D eigenvalue weighted by Gasteiger charge is 2.35. The molecule has 0 bridgehead atoms. The predicted molar refractivity (Wildman–Crippen MR) is 95.9 cm³/mol. The summed E-state index contributed by atoms with van der Waals surface area (Å²) in [6.45, 7) is 8.10. The van der Waals surface area contributed by atoms with Gasteiger partial charge in [-0.2, -0.15) is 0 Å². The Kier molecular flexibility index (Phi) is 10.4. The molecule has 0 aromatic carbocycles. The molecule has 1 aliphatic rings. The summed E-state index contributed by atoms with van der Waals surface area (Å²) >= 11 is 0. The van der Waals surface area contributed by atoms with E-state index in [4.69, 9.17) is 0 Å². The van der Waals surface area contributed by atoms with Gasteiger partial charge in [0.1, 0.15) is 0 Å². The molecule has 0 radical (unpaired) electrons. The predicted octanol–water partition coefficient (Wildman–Crippen LogP) is 6.47. The first-order valence-electron chi connectivity index (χ1n) is 9.92. The van der Waals surface area contributed by atoms with Crippen LogP contribution in [0.2, 0.25) is 0 Å². The van der Waals surface area contributed by atoms with Gasteiger partial charge in [0.2, 0.25) is 0 Å². The van der Waals surface area contributed by atoms with Gasteiger partial charge in [0.15, 0.2) is 0 Å².